The van der Waals surface area contributed by atoms with Crippen LogP contribution in [0.5, 0.6) is 0 Å². The van der Waals surface area contributed by atoms with Gasteiger partial charge in [0, 0.05) is 14.7 Å². The quantitative estimate of drug-likeness (QED) is 0.283. The van der Waals surface area contributed by atoms with Crippen LogP contribution in [0.25, 0.3) is 20.9 Å². The lowest BCUT2D eigenvalue weighted by molar-refractivity contribution is -0.0863. The molecule has 9 nitrogen and oxygen atoms in total. The van der Waals surface area contributed by atoms with Gasteiger partial charge >= 0.3 is 5.97 Å². The van der Waals surface area contributed by atoms with Gasteiger partial charge in [0.25, 0.3) is 0 Å². The molecular weight excluding hydrogens is 392 g/mol. The molecule has 2 aromatic carbocycles. The molecule has 29 heavy (non-hydrogen) atoms. The molecule has 0 amide bonds. The Labute approximate surface area is 171 Å². The van der Waals surface area contributed by atoms with Crippen LogP contribution in [0.3, 0.4) is 0 Å². The molecule has 10 heteroatoms. The van der Waals surface area contributed by atoms with Crippen LogP contribution in [0.4, 0.5) is 0 Å². The summed E-state index contributed by atoms with van der Waals surface area (Å²) in [6, 6.07) is 16.2. The second-order valence-corrected chi connectivity index (χ2v) is 7.44. The fraction of sp³-hybridized carbons (Fsp3) is 0.316. The molecule has 1 saturated heterocycles. The van der Waals surface area contributed by atoms with E-state index in [2.05, 4.69) is 20.1 Å². The van der Waals surface area contributed by atoms with Gasteiger partial charge in [-0.25, -0.2) is 4.79 Å². The molecule has 2 aromatic rings. The van der Waals surface area contributed by atoms with Crippen molar-refractivity contribution >= 4 is 17.7 Å². The summed E-state index contributed by atoms with van der Waals surface area (Å²) >= 11 is 1.35. The Kier molecular flexibility index (Phi) is 6.99. The summed E-state index contributed by atoms with van der Waals surface area (Å²) in [7, 11) is 0. The van der Waals surface area contributed by atoms with Gasteiger partial charge < -0.3 is 9.47 Å². The molecule has 1 aliphatic rings. The van der Waals surface area contributed by atoms with Gasteiger partial charge in [0.15, 0.2) is 0 Å². The van der Waals surface area contributed by atoms with Gasteiger partial charge in [0.2, 0.25) is 0 Å². The molecule has 0 radical (unpaired) electrons. The number of hydrogen-bond acceptors (Lipinski definition) is 6. The fourth-order valence-electron chi connectivity index (χ4n) is 3.03. The molecule has 0 saturated carbocycles. The van der Waals surface area contributed by atoms with Crippen LogP contribution in [0, 0.1) is 0 Å². The van der Waals surface area contributed by atoms with Crippen LogP contribution in [-0.4, -0.2) is 35.7 Å². The van der Waals surface area contributed by atoms with Gasteiger partial charge in [0.1, 0.15) is 23.6 Å². The van der Waals surface area contributed by atoms with E-state index >= 15 is 0 Å². The molecule has 0 aromatic heterocycles. The van der Waals surface area contributed by atoms with Crippen molar-refractivity contribution < 1.29 is 14.3 Å². The van der Waals surface area contributed by atoms with Crippen LogP contribution in [0.15, 0.2) is 75.8 Å². The average molecular weight is 410 g/mol. The van der Waals surface area contributed by atoms with Crippen molar-refractivity contribution in [2.75, 3.05) is 0 Å². The lowest BCUT2D eigenvalue weighted by Gasteiger charge is -2.41. The first-order valence-corrected chi connectivity index (χ1v) is 9.73. The van der Waals surface area contributed by atoms with E-state index in [0.29, 0.717) is 5.56 Å². The summed E-state index contributed by atoms with van der Waals surface area (Å²) in [6.07, 6.45) is -1.52. The number of nitrogens with zero attached hydrogens (tertiary/aromatic N) is 6. The van der Waals surface area contributed by atoms with Gasteiger partial charge in [-0.05, 0) is 42.3 Å². The molecule has 1 fully saturated rings. The van der Waals surface area contributed by atoms with Crippen molar-refractivity contribution in [2.45, 2.75) is 41.5 Å². The lowest BCUT2D eigenvalue weighted by atomic mass is 9.97. The molecule has 3 rings (SSSR count). The minimum atomic E-state index is -0.973. The standard InChI is InChI=1S/C19H18N6O3S/c1-12-15(22-24-20)17(28-18(26)13-8-4-2-5-9-13)16(23-25-21)19(27-12)29-14-10-6-3-7-11-14/h2-12,15-17,19H,1H3/t12-,15-,16-,17+,19+/m1/s1. The zero-order valence-electron chi connectivity index (χ0n) is 15.5. The molecule has 1 heterocycles. The summed E-state index contributed by atoms with van der Waals surface area (Å²) in [5, 5.41) is 7.58. The van der Waals surface area contributed by atoms with Crippen LogP contribution in [0.2, 0.25) is 0 Å². The highest BCUT2D eigenvalue weighted by molar-refractivity contribution is 7.99. The first kappa shape index (κ1) is 20.6. The Morgan fingerprint density at radius 1 is 1.00 bits per heavy atom. The SMILES string of the molecule is C[C@H]1O[C@@H](Sc2ccccc2)[C@H](N=[N+]=[N-])[C@@H](OC(=O)c2ccccc2)[C@@H]1N=[N+]=[N-]. The second-order valence-electron chi connectivity index (χ2n) is 6.27. The molecule has 5 atom stereocenters. The Morgan fingerprint density at radius 3 is 2.21 bits per heavy atom. The van der Waals surface area contributed by atoms with E-state index in [0.717, 1.165) is 4.90 Å². The smallest absolute Gasteiger partial charge is 0.338 e. The van der Waals surface area contributed by atoms with Crippen molar-refractivity contribution in [3.8, 4) is 0 Å². The van der Waals surface area contributed by atoms with Crippen molar-refractivity contribution in [3.05, 3.63) is 87.1 Å². The number of azide groups is 2. The third-order valence-electron chi connectivity index (χ3n) is 4.40. The summed E-state index contributed by atoms with van der Waals surface area (Å²) in [5.74, 6) is -0.593. The maximum absolute atomic E-state index is 12.6. The molecule has 0 unspecified atom stereocenters. The highest BCUT2D eigenvalue weighted by Gasteiger charge is 2.46. The topological polar surface area (TPSA) is 133 Å². The van der Waals surface area contributed by atoms with E-state index in [1.54, 1.807) is 37.3 Å². The number of carbonyl (C=O) groups excluding carboxylic acids is 1. The third kappa shape index (κ3) is 5.01. The lowest BCUT2D eigenvalue weighted by Crippen LogP contribution is -2.55. The number of thioether (sulfide) groups is 1. The predicted molar refractivity (Wildman–Crippen MR) is 108 cm³/mol. The third-order valence-corrected chi connectivity index (χ3v) is 5.57. The van der Waals surface area contributed by atoms with Crippen molar-refractivity contribution in [2.24, 2.45) is 10.2 Å². The maximum atomic E-state index is 12.6. The predicted octanol–water partition coefficient (Wildman–Crippen LogP) is 5.11. The van der Waals surface area contributed by atoms with Crippen LogP contribution in [-0.2, 0) is 9.47 Å². The van der Waals surface area contributed by atoms with Crippen LogP contribution >= 0.6 is 11.8 Å². The summed E-state index contributed by atoms with van der Waals surface area (Å²) in [4.78, 5) is 19.3. The number of hydrogen-bond donors (Lipinski definition) is 0. The highest BCUT2D eigenvalue weighted by atomic mass is 32.2. The van der Waals surface area contributed by atoms with Gasteiger partial charge in [-0.3, -0.25) is 0 Å². The van der Waals surface area contributed by atoms with Gasteiger partial charge in [0.05, 0.1) is 11.7 Å². The molecule has 148 valence electrons. The molecule has 1 aliphatic heterocycles. The van der Waals surface area contributed by atoms with E-state index < -0.39 is 35.7 Å². The van der Waals surface area contributed by atoms with Crippen LogP contribution in [0.1, 0.15) is 17.3 Å². The average Bonchev–Trinajstić information content (AvgIpc) is 2.74. The summed E-state index contributed by atoms with van der Waals surface area (Å²) < 4.78 is 11.7. The van der Waals surface area contributed by atoms with E-state index in [4.69, 9.17) is 20.5 Å². The number of rotatable bonds is 6. The first-order valence-electron chi connectivity index (χ1n) is 8.85. The Morgan fingerprint density at radius 2 is 1.59 bits per heavy atom. The van der Waals surface area contributed by atoms with Crippen molar-refractivity contribution in [3.63, 3.8) is 0 Å². The Bertz CT molecular complexity index is 931. The molecule has 0 spiro atoms. The number of benzene rings is 2. The van der Waals surface area contributed by atoms with Crippen LogP contribution < -0.4 is 0 Å². The van der Waals surface area contributed by atoms with Crippen molar-refractivity contribution in [1.29, 1.82) is 0 Å². The summed E-state index contributed by atoms with van der Waals surface area (Å²) in [6.45, 7) is 1.73. The molecule has 0 bridgehead atoms. The van der Waals surface area contributed by atoms with Gasteiger partial charge in [-0.15, -0.1) is 0 Å². The Hall–Kier alpha value is -3.16. The van der Waals surface area contributed by atoms with E-state index in [-0.39, 0.29) is 0 Å². The number of esters is 1. The number of ether oxygens (including phenoxy) is 2. The molecule has 0 N–H and O–H groups in total. The second kappa shape index (κ2) is 9.86. The minimum absolute atomic E-state index is 0.346. The first-order chi connectivity index (χ1) is 14.1. The fourth-order valence-corrected chi connectivity index (χ4v) is 4.19. The van der Waals surface area contributed by atoms with E-state index in [9.17, 15) is 4.79 Å². The van der Waals surface area contributed by atoms with Crippen molar-refractivity contribution in [1.82, 2.24) is 0 Å². The molecule has 0 aliphatic carbocycles. The molecular formula is C19H18N6O3S. The highest BCUT2D eigenvalue weighted by Crippen LogP contribution is 2.37. The maximum Gasteiger partial charge on any atom is 0.338 e. The van der Waals surface area contributed by atoms with E-state index in [1.807, 2.05) is 30.3 Å². The Balaban J connectivity index is 1.92. The van der Waals surface area contributed by atoms with Gasteiger partial charge in [-0.1, -0.05) is 58.4 Å². The zero-order valence-corrected chi connectivity index (χ0v) is 16.3. The zero-order chi connectivity index (χ0) is 20.6. The summed E-state index contributed by atoms with van der Waals surface area (Å²) in [5.41, 5.74) is 17.8. The van der Waals surface area contributed by atoms with Gasteiger partial charge in [-0.2, -0.15) is 0 Å². The minimum Gasteiger partial charge on any atom is -0.458 e. The normalized spacial score (nSPS) is 25.9. The monoisotopic (exact) mass is 410 g/mol. The largest absolute Gasteiger partial charge is 0.458 e. The van der Waals surface area contributed by atoms with E-state index in [1.165, 1.54) is 11.8 Å². The number of carbonyl (C=O) groups is 1.